The molecule has 2 unspecified atom stereocenters. The summed E-state index contributed by atoms with van der Waals surface area (Å²) in [5, 5.41) is 0. The van der Waals surface area contributed by atoms with E-state index in [1.54, 1.807) is 0 Å². The Morgan fingerprint density at radius 1 is 1.05 bits per heavy atom. The molecule has 2 bridgehead atoms. The lowest BCUT2D eigenvalue weighted by Crippen LogP contribution is -2.48. The third-order valence-corrected chi connectivity index (χ3v) is 4.50. The van der Waals surface area contributed by atoms with Gasteiger partial charge in [-0.15, -0.1) is 0 Å². The first-order chi connectivity index (χ1) is 9.11. The van der Waals surface area contributed by atoms with Crippen LogP contribution in [0, 0.1) is 11.6 Å². The highest BCUT2D eigenvalue weighted by atomic mass is 19.1. The zero-order valence-corrected chi connectivity index (χ0v) is 11.0. The van der Waals surface area contributed by atoms with Crippen molar-refractivity contribution in [2.24, 2.45) is 5.73 Å². The number of nitrogens with two attached hydrogens (primary N) is 1. The lowest BCUT2D eigenvalue weighted by atomic mass is 9.97. The van der Waals surface area contributed by atoms with Gasteiger partial charge in [-0.1, -0.05) is 0 Å². The summed E-state index contributed by atoms with van der Waals surface area (Å²) in [6.45, 7) is 0.880. The van der Waals surface area contributed by atoms with Gasteiger partial charge in [-0.05, 0) is 49.8 Å². The van der Waals surface area contributed by atoms with Crippen LogP contribution < -0.4 is 5.73 Å². The van der Waals surface area contributed by atoms with Gasteiger partial charge in [-0.25, -0.2) is 8.78 Å². The van der Waals surface area contributed by atoms with Crippen LogP contribution in [0.3, 0.4) is 0 Å². The molecule has 104 valence electrons. The van der Waals surface area contributed by atoms with E-state index in [9.17, 15) is 8.78 Å². The fourth-order valence-corrected chi connectivity index (χ4v) is 3.69. The molecule has 1 aromatic rings. The summed E-state index contributed by atoms with van der Waals surface area (Å²) in [7, 11) is 0. The molecule has 2 fully saturated rings. The minimum absolute atomic E-state index is 0.334. The van der Waals surface area contributed by atoms with Gasteiger partial charge < -0.3 is 5.73 Å². The van der Waals surface area contributed by atoms with Gasteiger partial charge in [0.2, 0.25) is 0 Å². The first-order valence-corrected chi connectivity index (χ1v) is 7.08. The normalized spacial score (nSPS) is 30.8. The summed E-state index contributed by atoms with van der Waals surface area (Å²) in [4.78, 5) is 2.49. The molecule has 4 heteroatoms. The fraction of sp³-hybridized carbons (Fsp3) is 0.600. The quantitative estimate of drug-likeness (QED) is 0.910. The number of hydrogen-bond acceptors (Lipinski definition) is 2. The zero-order chi connectivity index (χ0) is 13.4. The van der Waals surface area contributed by atoms with E-state index in [0.29, 0.717) is 24.5 Å². The van der Waals surface area contributed by atoms with E-state index in [1.807, 2.05) is 0 Å². The van der Waals surface area contributed by atoms with Crippen LogP contribution in [0.25, 0.3) is 0 Å². The van der Waals surface area contributed by atoms with Gasteiger partial charge in [-0.2, -0.15) is 0 Å². The molecule has 2 aliphatic rings. The Balaban J connectivity index is 1.63. The second kappa shape index (κ2) is 5.17. The predicted molar refractivity (Wildman–Crippen MR) is 70.8 cm³/mol. The van der Waals surface area contributed by atoms with Gasteiger partial charge in [0.1, 0.15) is 11.6 Å². The Morgan fingerprint density at radius 2 is 1.63 bits per heavy atom. The first kappa shape index (κ1) is 13.0. The molecule has 2 atom stereocenters. The second-order valence-corrected chi connectivity index (χ2v) is 5.88. The van der Waals surface area contributed by atoms with Crippen molar-refractivity contribution in [3.63, 3.8) is 0 Å². The van der Waals surface area contributed by atoms with E-state index in [2.05, 4.69) is 4.90 Å². The standard InChI is InChI=1S/C15H20F2N2/c16-11-5-10(6-12(17)7-11)3-4-19-14-1-2-15(19)9-13(18)8-14/h5-7,13-15H,1-4,8-9,18H2. The van der Waals surface area contributed by atoms with Gasteiger partial charge in [0.15, 0.2) is 0 Å². The highest BCUT2D eigenvalue weighted by Crippen LogP contribution is 2.34. The molecule has 3 rings (SSSR count). The van der Waals surface area contributed by atoms with Crippen molar-refractivity contribution in [1.82, 2.24) is 4.90 Å². The molecule has 2 heterocycles. The van der Waals surface area contributed by atoms with Crippen LogP contribution in [0.1, 0.15) is 31.2 Å². The number of hydrogen-bond donors (Lipinski definition) is 1. The summed E-state index contributed by atoms with van der Waals surface area (Å²) in [6, 6.07) is 5.27. The monoisotopic (exact) mass is 266 g/mol. The van der Waals surface area contributed by atoms with Gasteiger partial charge in [0.05, 0.1) is 0 Å². The molecule has 0 amide bonds. The zero-order valence-electron chi connectivity index (χ0n) is 11.0. The molecule has 0 radical (unpaired) electrons. The van der Waals surface area contributed by atoms with Crippen LogP contribution in [0.4, 0.5) is 8.78 Å². The Bertz CT molecular complexity index is 429. The molecule has 2 N–H and O–H groups in total. The highest BCUT2D eigenvalue weighted by molar-refractivity contribution is 5.18. The maximum absolute atomic E-state index is 13.1. The van der Waals surface area contributed by atoms with Crippen LogP contribution in [-0.4, -0.2) is 29.6 Å². The molecule has 0 aromatic heterocycles. The fourth-order valence-electron chi connectivity index (χ4n) is 3.69. The van der Waals surface area contributed by atoms with Crippen molar-refractivity contribution in [3.8, 4) is 0 Å². The smallest absolute Gasteiger partial charge is 0.126 e. The minimum atomic E-state index is -0.487. The van der Waals surface area contributed by atoms with Crippen LogP contribution in [0.2, 0.25) is 0 Å². The molecule has 2 saturated heterocycles. The topological polar surface area (TPSA) is 29.3 Å². The van der Waals surface area contributed by atoms with Crippen molar-refractivity contribution in [2.75, 3.05) is 6.54 Å². The lowest BCUT2D eigenvalue weighted by molar-refractivity contribution is 0.129. The van der Waals surface area contributed by atoms with E-state index in [0.717, 1.165) is 31.0 Å². The van der Waals surface area contributed by atoms with Gasteiger partial charge in [0.25, 0.3) is 0 Å². The van der Waals surface area contributed by atoms with Crippen molar-refractivity contribution in [2.45, 2.75) is 50.2 Å². The second-order valence-electron chi connectivity index (χ2n) is 5.88. The molecule has 0 spiro atoms. The summed E-state index contributed by atoms with van der Waals surface area (Å²) in [6.07, 6.45) is 5.27. The number of nitrogens with zero attached hydrogens (tertiary/aromatic N) is 1. The maximum atomic E-state index is 13.1. The van der Waals surface area contributed by atoms with Crippen LogP contribution in [-0.2, 0) is 6.42 Å². The van der Waals surface area contributed by atoms with E-state index in [1.165, 1.54) is 25.0 Å². The molecule has 0 aliphatic carbocycles. The molecule has 19 heavy (non-hydrogen) atoms. The highest BCUT2D eigenvalue weighted by Gasteiger charge is 2.38. The number of fused-ring (bicyclic) bond motifs is 2. The number of piperidine rings is 1. The Hall–Kier alpha value is -1.00. The molecular formula is C15H20F2N2. The Labute approximate surface area is 112 Å². The van der Waals surface area contributed by atoms with Crippen molar-refractivity contribution in [3.05, 3.63) is 35.4 Å². The molecule has 0 saturated carbocycles. The lowest BCUT2D eigenvalue weighted by Gasteiger charge is -2.37. The van der Waals surface area contributed by atoms with Crippen molar-refractivity contribution < 1.29 is 8.78 Å². The van der Waals surface area contributed by atoms with E-state index >= 15 is 0 Å². The molecular weight excluding hydrogens is 246 g/mol. The molecule has 1 aromatic carbocycles. The van der Waals surface area contributed by atoms with Crippen LogP contribution in [0.5, 0.6) is 0 Å². The van der Waals surface area contributed by atoms with Crippen LogP contribution in [0.15, 0.2) is 18.2 Å². The third-order valence-electron chi connectivity index (χ3n) is 4.50. The summed E-state index contributed by atoms with van der Waals surface area (Å²) in [5.41, 5.74) is 6.78. The van der Waals surface area contributed by atoms with Crippen molar-refractivity contribution in [1.29, 1.82) is 0 Å². The molecule has 2 aliphatic heterocycles. The van der Waals surface area contributed by atoms with E-state index in [4.69, 9.17) is 5.73 Å². The average Bonchev–Trinajstić information content (AvgIpc) is 2.56. The Morgan fingerprint density at radius 3 is 2.21 bits per heavy atom. The van der Waals surface area contributed by atoms with E-state index < -0.39 is 11.6 Å². The van der Waals surface area contributed by atoms with Gasteiger partial charge in [0, 0.05) is 30.7 Å². The van der Waals surface area contributed by atoms with Crippen molar-refractivity contribution >= 4 is 0 Å². The SMILES string of the molecule is NC1CC2CCC(C1)N2CCc1cc(F)cc(F)c1. The number of benzene rings is 1. The predicted octanol–water partition coefficient (Wildman–Crippen LogP) is 2.46. The van der Waals surface area contributed by atoms with Crippen LogP contribution >= 0.6 is 0 Å². The maximum Gasteiger partial charge on any atom is 0.126 e. The Kier molecular flexibility index (Phi) is 3.54. The summed E-state index contributed by atoms with van der Waals surface area (Å²) in [5.74, 6) is -0.975. The number of halogens is 2. The minimum Gasteiger partial charge on any atom is -0.328 e. The molecule has 2 nitrogen and oxygen atoms in total. The number of rotatable bonds is 3. The third kappa shape index (κ3) is 2.79. The van der Waals surface area contributed by atoms with Gasteiger partial charge in [-0.3, -0.25) is 4.90 Å². The first-order valence-electron chi connectivity index (χ1n) is 7.08. The summed E-state index contributed by atoms with van der Waals surface area (Å²) < 4.78 is 26.3. The summed E-state index contributed by atoms with van der Waals surface area (Å²) >= 11 is 0. The van der Waals surface area contributed by atoms with E-state index in [-0.39, 0.29) is 0 Å². The van der Waals surface area contributed by atoms with Gasteiger partial charge >= 0.3 is 0 Å². The average molecular weight is 266 g/mol. The largest absolute Gasteiger partial charge is 0.328 e.